The first kappa shape index (κ1) is 10.3. The molecule has 90 valence electrons. The first-order valence-corrected chi connectivity index (χ1v) is 6.22. The summed E-state index contributed by atoms with van der Waals surface area (Å²) in [5, 5.41) is 19.3. The van der Waals surface area contributed by atoms with Gasteiger partial charge in [0.15, 0.2) is 0 Å². The molecule has 0 fully saturated rings. The molecule has 0 aliphatic rings. The lowest BCUT2D eigenvalue weighted by Gasteiger charge is -2.12. The van der Waals surface area contributed by atoms with E-state index < -0.39 is 0 Å². The van der Waals surface area contributed by atoms with Crippen LogP contribution in [0.25, 0.3) is 32.3 Å². The maximum atomic E-state index is 8.84. The molecule has 2 heteroatoms. The van der Waals surface area contributed by atoms with Crippen molar-refractivity contribution in [3.8, 4) is 0 Å². The molecule has 4 rings (SSSR count). The highest BCUT2D eigenvalue weighted by molar-refractivity contribution is 6.26. The number of rotatable bonds is 1. The van der Waals surface area contributed by atoms with E-state index in [1.807, 2.05) is 6.07 Å². The lowest BCUT2D eigenvalue weighted by Crippen LogP contribution is -1.89. The molecule has 19 heavy (non-hydrogen) atoms. The molecule has 0 aliphatic carbocycles. The van der Waals surface area contributed by atoms with Crippen LogP contribution in [0.2, 0.25) is 0 Å². The summed E-state index contributed by atoms with van der Waals surface area (Å²) in [5.74, 6) is 0. The van der Waals surface area contributed by atoms with Crippen molar-refractivity contribution >= 4 is 38.5 Å². The number of nitrogens with zero attached hydrogens (tertiary/aromatic N) is 1. The van der Waals surface area contributed by atoms with Crippen molar-refractivity contribution in [2.45, 2.75) is 0 Å². The molecular formula is C17H11NO. The molecule has 4 aromatic carbocycles. The fourth-order valence-corrected chi connectivity index (χ4v) is 2.96. The van der Waals surface area contributed by atoms with Crippen molar-refractivity contribution in [2.24, 2.45) is 5.16 Å². The van der Waals surface area contributed by atoms with Crippen LogP contribution in [0.3, 0.4) is 0 Å². The Morgan fingerprint density at radius 1 is 0.789 bits per heavy atom. The van der Waals surface area contributed by atoms with Crippen molar-refractivity contribution in [3.05, 3.63) is 60.2 Å². The van der Waals surface area contributed by atoms with Crippen LogP contribution in [0.1, 0.15) is 5.56 Å². The van der Waals surface area contributed by atoms with Crippen molar-refractivity contribution in [2.75, 3.05) is 0 Å². The Morgan fingerprint density at radius 3 is 2.26 bits per heavy atom. The van der Waals surface area contributed by atoms with E-state index in [-0.39, 0.29) is 0 Å². The first-order chi connectivity index (χ1) is 9.38. The summed E-state index contributed by atoms with van der Waals surface area (Å²) in [6.07, 6.45) is 1.50. The van der Waals surface area contributed by atoms with E-state index in [4.69, 9.17) is 5.21 Å². The van der Waals surface area contributed by atoms with Gasteiger partial charge in [-0.25, -0.2) is 0 Å². The fraction of sp³-hybridized carbons (Fsp3) is 0. The van der Waals surface area contributed by atoms with Crippen LogP contribution < -0.4 is 0 Å². The zero-order chi connectivity index (χ0) is 12.8. The lowest BCUT2D eigenvalue weighted by molar-refractivity contribution is 0.322. The molecule has 0 amide bonds. The minimum Gasteiger partial charge on any atom is -0.411 e. The normalized spacial score (nSPS) is 12.2. The molecule has 0 aromatic heterocycles. The average molecular weight is 245 g/mol. The number of hydrogen-bond donors (Lipinski definition) is 1. The van der Waals surface area contributed by atoms with Gasteiger partial charge in [0.1, 0.15) is 0 Å². The van der Waals surface area contributed by atoms with Gasteiger partial charge in [0.2, 0.25) is 0 Å². The smallest absolute Gasteiger partial charge is 0.0740 e. The molecule has 0 saturated carbocycles. The Kier molecular flexibility index (Phi) is 2.00. The van der Waals surface area contributed by atoms with Gasteiger partial charge in [-0.1, -0.05) is 53.7 Å². The van der Waals surface area contributed by atoms with E-state index in [1.54, 1.807) is 0 Å². The maximum Gasteiger partial charge on any atom is 0.0740 e. The molecule has 0 unspecified atom stereocenters. The Hall–Kier alpha value is -2.61. The fourth-order valence-electron chi connectivity index (χ4n) is 2.96. The summed E-state index contributed by atoms with van der Waals surface area (Å²) >= 11 is 0. The van der Waals surface area contributed by atoms with Gasteiger partial charge < -0.3 is 5.21 Å². The van der Waals surface area contributed by atoms with Gasteiger partial charge in [-0.05, 0) is 38.4 Å². The van der Waals surface area contributed by atoms with Crippen LogP contribution in [0.15, 0.2) is 59.8 Å². The summed E-state index contributed by atoms with van der Waals surface area (Å²) in [5.41, 5.74) is 0.944. The summed E-state index contributed by atoms with van der Waals surface area (Å²) in [6.45, 7) is 0. The summed E-state index contributed by atoms with van der Waals surface area (Å²) in [4.78, 5) is 0. The molecule has 0 atom stereocenters. The third kappa shape index (κ3) is 1.34. The zero-order valence-corrected chi connectivity index (χ0v) is 10.2. The van der Waals surface area contributed by atoms with Crippen LogP contribution in [-0.4, -0.2) is 11.4 Å². The Bertz CT molecular complexity index is 924. The highest BCUT2D eigenvalue weighted by atomic mass is 16.4. The summed E-state index contributed by atoms with van der Waals surface area (Å²) < 4.78 is 0. The Balaban J connectivity index is 2.39. The SMILES string of the molecule is O/N=C\c1cc2cccc3ccc4cccc1c4c32. The number of benzene rings is 4. The van der Waals surface area contributed by atoms with Gasteiger partial charge in [-0.3, -0.25) is 0 Å². The number of hydrogen-bond acceptors (Lipinski definition) is 2. The van der Waals surface area contributed by atoms with Crippen LogP contribution >= 0.6 is 0 Å². The van der Waals surface area contributed by atoms with Crippen LogP contribution in [0, 0.1) is 0 Å². The standard InChI is InChI=1S/C17H11NO/c19-18-10-14-9-13-5-1-3-11-7-8-12-4-2-6-15(14)17(12)16(11)13/h1-10,19H/b18-10-. The van der Waals surface area contributed by atoms with Crippen LogP contribution in [0.5, 0.6) is 0 Å². The van der Waals surface area contributed by atoms with Gasteiger partial charge in [0.05, 0.1) is 6.21 Å². The molecule has 0 bridgehead atoms. The predicted molar refractivity (Wildman–Crippen MR) is 79.5 cm³/mol. The van der Waals surface area contributed by atoms with E-state index in [1.165, 1.54) is 33.1 Å². The zero-order valence-electron chi connectivity index (χ0n) is 10.2. The second-order valence-corrected chi connectivity index (χ2v) is 4.76. The van der Waals surface area contributed by atoms with E-state index in [0.29, 0.717) is 0 Å². The molecule has 0 radical (unpaired) electrons. The maximum absolute atomic E-state index is 8.84. The van der Waals surface area contributed by atoms with Gasteiger partial charge in [-0.2, -0.15) is 0 Å². The van der Waals surface area contributed by atoms with E-state index in [2.05, 4.69) is 53.7 Å². The molecular weight excluding hydrogens is 234 g/mol. The van der Waals surface area contributed by atoms with Gasteiger partial charge >= 0.3 is 0 Å². The molecule has 0 heterocycles. The largest absolute Gasteiger partial charge is 0.411 e. The Morgan fingerprint density at radius 2 is 1.47 bits per heavy atom. The van der Waals surface area contributed by atoms with E-state index in [0.717, 1.165) is 10.9 Å². The molecule has 0 aliphatic heterocycles. The molecule has 0 saturated heterocycles. The second kappa shape index (κ2) is 3.69. The minimum absolute atomic E-state index is 0.944. The monoisotopic (exact) mass is 245 g/mol. The van der Waals surface area contributed by atoms with Crippen molar-refractivity contribution in [1.29, 1.82) is 0 Å². The number of oxime groups is 1. The first-order valence-electron chi connectivity index (χ1n) is 6.22. The van der Waals surface area contributed by atoms with Crippen molar-refractivity contribution < 1.29 is 5.21 Å². The quantitative estimate of drug-likeness (QED) is 0.229. The highest BCUT2D eigenvalue weighted by Crippen LogP contribution is 2.35. The van der Waals surface area contributed by atoms with E-state index in [9.17, 15) is 0 Å². The lowest BCUT2D eigenvalue weighted by atomic mass is 9.92. The molecule has 0 spiro atoms. The molecule has 1 N–H and O–H groups in total. The summed E-state index contributed by atoms with van der Waals surface area (Å²) in [7, 11) is 0. The third-order valence-corrected chi connectivity index (χ3v) is 3.74. The predicted octanol–water partition coefficient (Wildman–Crippen LogP) is 4.39. The second-order valence-electron chi connectivity index (χ2n) is 4.76. The third-order valence-electron chi connectivity index (χ3n) is 3.74. The van der Waals surface area contributed by atoms with Crippen LogP contribution in [-0.2, 0) is 0 Å². The minimum atomic E-state index is 0.944. The molecule has 4 aromatic rings. The van der Waals surface area contributed by atoms with E-state index >= 15 is 0 Å². The molecule has 2 nitrogen and oxygen atoms in total. The summed E-state index contributed by atoms with van der Waals surface area (Å²) in [6, 6.07) is 18.9. The van der Waals surface area contributed by atoms with Gasteiger partial charge in [0, 0.05) is 5.56 Å². The van der Waals surface area contributed by atoms with Crippen LogP contribution in [0.4, 0.5) is 0 Å². The topological polar surface area (TPSA) is 32.6 Å². The van der Waals surface area contributed by atoms with Crippen molar-refractivity contribution in [3.63, 3.8) is 0 Å². The van der Waals surface area contributed by atoms with Crippen molar-refractivity contribution in [1.82, 2.24) is 0 Å². The average Bonchev–Trinajstić information content (AvgIpc) is 2.46. The Labute approximate surface area is 109 Å². The highest BCUT2D eigenvalue weighted by Gasteiger charge is 2.10. The van der Waals surface area contributed by atoms with Gasteiger partial charge in [-0.15, -0.1) is 0 Å². The van der Waals surface area contributed by atoms with Gasteiger partial charge in [0.25, 0.3) is 0 Å².